The molecule has 0 saturated carbocycles. The molecule has 0 fully saturated rings. The van der Waals surface area contributed by atoms with Crippen LogP contribution in [0.25, 0.3) is 10.9 Å². The molecule has 0 aliphatic carbocycles. The van der Waals surface area contributed by atoms with Gasteiger partial charge in [0.05, 0.1) is 5.52 Å². The number of carboxylic acids is 1. The summed E-state index contributed by atoms with van der Waals surface area (Å²) in [5, 5.41) is 10.6. The number of anilines is 1. The fourth-order valence-corrected chi connectivity index (χ4v) is 2.30. The molecule has 1 aromatic heterocycles. The van der Waals surface area contributed by atoms with Crippen molar-refractivity contribution in [1.82, 2.24) is 4.98 Å². The maximum atomic E-state index is 11.0. The lowest BCUT2D eigenvalue weighted by molar-refractivity contribution is 0.0691. The van der Waals surface area contributed by atoms with E-state index in [4.69, 9.17) is 16.7 Å². The third-order valence-corrected chi connectivity index (χ3v) is 3.44. The molecule has 1 aromatic carbocycles. The lowest BCUT2D eigenvalue weighted by atomic mass is 10.1. The van der Waals surface area contributed by atoms with Gasteiger partial charge in [-0.1, -0.05) is 30.7 Å². The molecule has 114 valence electrons. The van der Waals surface area contributed by atoms with E-state index in [0.717, 1.165) is 17.5 Å². The predicted molar refractivity (Wildman–Crippen MR) is 90.5 cm³/mol. The quantitative estimate of drug-likeness (QED) is 0.830. The van der Waals surface area contributed by atoms with Crippen LogP contribution < -0.4 is 4.90 Å². The van der Waals surface area contributed by atoms with E-state index in [2.05, 4.69) is 4.98 Å². The number of pyridine rings is 1. The number of carbonyl (C=O) groups is 1. The molecule has 1 N–H and O–H groups in total. The SMILES string of the molecule is CC/C=C(Cl)/C=C\N(C)c1cccc2nc(C(=O)O)ccc12. The lowest BCUT2D eigenvalue weighted by Crippen LogP contribution is -2.09. The van der Waals surface area contributed by atoms with Crippen LogP contribution in [0.5, 0.6) is 0 Å². The number of benzene rings is 1. The van der Waals surface area contributed by atoms with Crippen molar-refractivity contribution in [2.75, 3.05) is 11.9 Å². The van der Waals surface area contributed by atoms with Crippen molar-refractivity contribution in [2.24, 2.45) is 0 Å². The first-order chi connectivity index (χ1) is 10.5. The van der Waals surface area contributed by atoms with Gasteiger partial charge in [0, 0.05) is 29.4 Å². The monoisotopic (exact) mass is 316 g/mol. The van der Waals surface area contributed by atoms with Crippen molar-refractivity contribution in [1.29, 1.82) is 0 Å². The van der Waals surface area contributed by atoms with Crippen molar-refractivity contribution in [3.05, 3.63) is 59.4 Å². The molecule has 0 spiro atoms. The Hall–Kier alpha value is -2.33. The van der Waals surface area contributed by atoms with Crippen LogP contribution in [0, 0.1) is 0 Å². The normalized spacial score (nSPS) is 12.0. The van der Waals surface area contributed by atoms with Gasteiger partial charge >= 0.3 is 5.97 Å². The van der Waals surface area contributed by atoms with Gasteiger partial charge in [-0.25, -0.2) is 9.78 Å². The number of halogens is 1. The van der Waals surface area contributed by atoms with Crippen LogP contribution in [0.3, 0.4) is 0 Å². The average molecular weight is 317 g/mol. The Balaban J connectivity index is 2.39. The van der Waals surface area contributed by atoms with Gasteiger partial charge in [-0.2, -0.15) is 0 Å². The van der Waals surface area contributed by atoms with Crippen molar-refractivity contribution >= 4 is 34.2 Å². The minimum absolute atomic E-state index is 0.0387. The van der Waals surface area contributed by atoms with Gasteiger partial charge < -0.3 is 10.0 Å². The summed E-state index contributed by atoms with van der Waals surface area (Å²) in [4.78, 5) is 17.1. The maximum Gasteiger partial charge on any atom is 0.354 e. The van der Waals surface area contributed by atoms with E-state index in [0.29, 0.717) is 10.5 Å². The Morgan fingerprint density at radius 2 is 2.14 bits per heavy atom. The Morgan fingerprint density at radius 3 is 2.82 bits per heavy atom. The Kier molecular flexibility index (Phi) is 5.17. The van der Waals surface area contributed by atoms with Gasteiger partial charge in [-0.15, -0.1) is 0 Å². The van der Waals surface area contributed by atoms with Gasteiger partial charge in [-0.05, 0) is 36.8 Å². The lowest BCUT2D eigenvalue weighted by Gasteiger charge is -2.16. The second kappa shape index (κ2) is 7.09. The number of carboxylic acid groups (broad SMARTS) is 1. The predicted octanol–water partition coefficient (Wildman–Crippen LogP) is 4.42. The van der Waals surface area contributed by atoms with Crippen LogP contribution in [0.15, 0.2) is 53.7 Å². The average Bonchev–Trinajstić information content (AvgIpc) is 2.51. The summed E-state index contributed by atoms with van der Waals surface area (Å²) < 4.78 is 0. The number of aromatic nitrogens is 1. The van der Waals surface area contributed by atoms with Crippen LogP contribution in [0.4, 0.5) is 5.69 Å². The minimum atomic E-state index is -1.03. The molecule has 0 bridgehead atoms. The molecular formula is C17H17ClN2O2. The molecule has 0 aliphatic rings. The third-order valence-electron chi connectivity index (χ3n) is 3.16. The molecule has 1 heterocycles. The Bertz CT molecular complexity index is 753. The summed E-state index contributed by atoms with van der Waals surface area (Å²) in [7, 11) is 1.91. The van der Waals surface area contributed by atoms with Crippen LogP contribution in [-0.2, 0) is 0 Å². The number of hydrogen-bond acceptors (Lipinski definition) is 3. The first kappa shape index (κ1) is 16.0. The molecule has 2 aromatic rings. The highest BCUT2D eigenvalue weighted by Crippen LogP contribution is 2.25. The number of allylic oxidation sites excluding steroid dienone is 3. The van der Waals surface area contributed by atoms with E-state index in [9.17, 15) is 4.79 Å². The van der Waals surface area contributed by atoms with Crippen LogP contribution in [0.2, 0.25) is 0 Å². The maximum absolute atomic E-state index is 11.0. The molecule has 0 radical (unpaired) electrons. The van der Waals surface area contributed by atoms with Crippen LogP contribution in [-0.4, -0.2) is 23.1 Å². The molecule has 0 unspecified atom stereocenters. The summed E-state index contributed by atoms with van der Waals surface area (Å²) >= 11 is 6.06. The zero-order chi connectivity index (χ0) is 16.1. The third kappa shape index (κ3) is 3.65. The summed E-state index contributed by atoms with van der Waals surface area (Å²) in [6, 6.07) is 8.88. The van der Waals surface area contributed by atoms with E-state index in [1.165, 1.54) is 6.07 Å². The second-order valence-corrected chi connectivity index (χ2v) is 5.21. The zero-order valence-corrected chi connectivity index (χ0v) is 13.2. The van der Waals surface area contributed by atoms with Crippen molar-refractivity contribution < 1.29 is 9.90 Å². The second-order valence-electron chi connectivity index (χ2n) is 4.77. The Morgan fingerprint density at radius 1 is 1.36 bits per heavy atom. The molecule has 2 rings (SSSR count). The number of rotatable bonds is 5. The zero-order valence-electron chi connectivity index (χ0n) is 12.5. The van der Waals surface area contributed by atoms with Gasteiger partial charge in [0.2, 0.25) is 0 Å². The van der Waals surface area contributed by atoms with E-state index in [-0.39, 0.29) is 5.69 Å². The highest BCUT2D eigenvalue weighted by Gasteiger charge is 2.09. The molecular weight excluding hydrogens is 300 g/mol. The van der Waals surface area contributed by atoms with Gasteiger partial charge in [0.15, 0.2) is 0 Å². The highest BCUT2D eigenvalue weighted by atomic mass is 35.5. The molecule has 22 heavy (non-hydrogen) atoms. The van der Waals surface area contributed by atoms with Gasteiger partial charge in [0.25, 0.3) is 0 Å². The topological polar surface area (TPSA) is 53.4 Å². The molecule has 4 nitrogen and oxygen atoms in total. The smallest absolute Gasteiger partial charge is 0.354 e. The molecule has 0 atom stereocenters. The summed E-state index contributed by atoms with van der Waals surface area (Å²) in [5.74, 6) is -1.03. The summed E-state index contributed by atoms with van der Waals surface area (Å²) in [6.07, 6.45) is 6.50. The number of nitrogens with zero attached hydrogens (tertiary/aromatic N) is 2. The van der Waals surface area contributed by atoms with E-state index in [1.54, 1.807) is 12.1 Å². The standard InChI is InChI=1S/C17H17ClN2O2/c1-3-5-12(18)10-11-20(2)16-7-4-6-14-13(16)8-9-15(19-14)17(21)22/h4-11H,3H2,1-2H3,(H,21,22)/b11-10-,12-5-. The first-order valence-electron chi connectivity index (χ1n) is 6.92. The number of aromatic carboxylic acids is 1. The molecule has 5 heteroatoms. The van der Waals surface area contributed by atoms with E-state index >= 15 is 0 Å². The molecule has 0 aliphatic heterocycles. The van der Waals surface area contributed by atoms with E-state index < -0.39 is 5.97 Å². The fourth-order valence-electron chi connectivity index (χ4n) is 2.09. The van der Waals surface area contributed by atoms with Crippen molar-refractivity contribution in [3.8, 4) is 0 Å². The fraction of sp³-hybridized carbons (Fsp3) is 0.176. The number of hydrogen-bond donors (Lipinski definition) is 1. The highest BCUT2D eigenvalue weighted by molar-refractivity contribution is 6.31. The largest absolute Gasteiger partial charge is 0.477 e. The van der Waals surface area contributed by atoms with Crippen molar-refractivity contribution in [3.63, 3.8) is 0 Å². The molecule has 0 amide bonds. The summed E-state index contributed by atoms with van der Waals surface area (Å²) in [6.45, 7) is 2.02. The first-order valence-corrected chi connectivity index (χ1v) is 7.30. The van der Waals surface area contributed by atoms with Gasteiger partial charge in [-0.3, -0.25) is 0 Å². The van der Waals surface area contributed by atoms with Crippen LogP contribution in [0.1, 0.15) is 23.8 Å². The number of fused-ring (bicyclic) bond motifs is 1. The minimum Gasteiger partial charge on any atom is -0.477 e. The molecule has 0 saturated heterocycles. The van der Waals surface area contributed by atoms with Gasteiger partial charge in [0.1, 0.15) is 5.69 Å². The summed E-state index contributed by atoms with van der Waals surface area (Å²) in [5.41, 5.74) is 1.61. The van der Waals surface area contributed by atoms with Crippen molar-refractivity contribution in [2.45, 2.75) is 13.3 Å². The Labute approximate surface area is 134 Å². The van der Waals surface area contributed by atoms with E-state index in [1.807, 2.05) is 49.4 Å². The van der Waals surface area contributed by atoms with Crippen LogP contribution >= 0.6 is 11.6 Å².